The van der Waals surface area contributed by atoms with Crippen LogP contribution in [-0.2, 0) is 28.6 Å². The van der Waals surface area contributed by atoms with Crippen LogP contribution in [0.25, 0.3) is 0 Å². The number of carbonyl (C=O) groups excluding carboxylic acids is 3. The molecule has 6 heteroatoms. The number of carbonyl (C=O) groups is 3. The summed E-state index contributed by atoms with van der Waals surface area (Å²) in [5.41, 5.74) is 0. The van der Waals surface area contributed by atoms with Gasteiger partial charge >= 0.3 is 17.9 Å². The van der Waals surface area contributed by atoms with E-state index in [4.69, 9.17) is 14.2 Å². The molecule has 2 atom stereocenters. The van der Waals surface area contributed by atoms with E-state index in [9.17, 15) is 14.4 Å². The molecule has 0 fully saturated rings. The van der Waals surface area contributed by atoms with Gasteiger partial charge in [0.2, 0.25) is 0 Å². The number of rotatable bonds is 47. The van der Waals surface area contributed by atoms with E-state index in [0.29, 0.717) is 19.3 Å². The van der Waals surface area contributed by atoms with E-state index in [-0.39, 0.29) is 31.1 Å². The van der Waals surface area contributed by atoms with Gasteiger partial charge in [-0.05, 0) is 31.1 Å². The summed E-state index contributed by atoms with van der Waals surface area (Å²) < 4.78 is 16.8. The first kappa shape index (κ1) is 57.4. The molecule has 0 heterocycles. The first-order valence-electron chi connectivity index (χ1n) is 26.3. The van der Waals surface area contributed by atoms with E-state index in [1.54, 1.807) is 0 Å². The van der Waals surface area contributed by atoms with Gasteiger partial charge in [-0.2, -0.15) is 0 Å². The fourth-order valence-electron chi connectivity index (χ4n) is 7.96. The Bertz CT molecular complexity index is 902. The van der Waals surface area contributed by atoms with Crippen molar-refractivity contribution in [3.8, 4) is 0 Å². The first-order valence-corrected chi connectivity index (χ1v) is 26.3. The summed E-state index contributed by atoms with van der Waals surface area (Å²) in [7, 11) is 0. The van der Waals surface area contributed by atoms with Crippen LogP contribution in [0.15, 0.2) is 0 Å². The average molecular weight is 835 g/mol. The van der Waals surface area contributed by atoms with Crippen molar-refractivity contribution in [1.82, 2.24) is 0 Å². The predicted molar refractivity (Wildman–Crippen MR) is 252 cm³/mol. The maximum Gasteiger partial charge on any atom is 0.306 e. The Labute approximate surface area is 368 Å². The maximum absolute atomic E-state index is 12.8. The van der Waals surface area contributed by atoms with E-state index < -0.39 is 6.10 Å². The van der Waals surface area contributed by atoms with Crippen LogP contribution in [0.2, 0.25) is 0 Å². The van der Waals surface area contributed by atoms with Crippen molar-refractivity contribution >= 4 is 17.9 Å². The zero-order chi connectivity index (χ0) is 43.3. The zero-order valence-corrected chi connectivity index (χ0v) is 40.4. The Morgan fingerprint density at radius 2 is 0.644 bits per heavy atom. The average Bonchev–Trinajstić information content (AvgIpc) is 3.22. The molecule has 1 unspecified atom stereocenters. The van der Waals surface area contributed by atoms with Crippen LogP contribution in [0.4, 0.5) is 0 Å². The monoisotopic (exact) mass is 835 g/mol. The van der Waals surface area contributed by atoms with Crippen LogP contribution in [0.5, 0.6) is 0 Å². The third-order valence-electron chi connectivity index (χ3n) is 12.3. The minimum Gasteiger partial charge on any atom is -0.462 e. The lowest BCUT2D eigenvalue weighted by atomic mass is 9.99. The highest BCUT2D eigenvalue weighted by Gasteiger charge is 2.19. The fourth-order valence-corrected chi connectivity index (χ4v) is 7.96. The third-order valence-corrected chi connectivity index (χ3v) is 12.3. The standard InChI is InChI=1S/C53H102O6/c1-6-8-9-10-11-12-13-14-18-22-25-28-35-40-45-53(56)59-50(47-58-52(55)44-39-34-30-29-31-36-41-48(3)4)46-57-51(54)43-38-33-27-24-21-19-16-15-17-20-23-26-32-37-42-49(5)7-2/h48-50H,6-47H2,1-5H3/t49?,50-/m0/s1. The van der Waals surface area contributed by atoms with Crippen molar-refractivity contribution < 1.29 is 28.6 Å². The molecule has 350 valence electrons. The minimum atomic E-state index is -0.762. The highest BCUT2D eigenvalue weighted by atomic mass is 16.6. The van der Waals surface area contributed by atoms with Crippen molar-refractivity contribution in [3.63, 3.8) is 0 Å². The van der Waals surface area contributed by atoms with Crippen molar-refractivity contribution in [2.24, 2.45) is 11.8 Å². The summed E-state index contributed by atoms with van der Waals surface area (Å²) in [6.45, 7) is 11.4. The van der Waals surface area contributed by atoms with E-state index in [1.807, 2.05) is 0 Å². The lowest BCUT2D eigenvalue weighted by Crippen LogP contribution is -2.30. The quantitative estimate of drug-likeness (QED) is 0.0345. The van der Waals surface area contributed by atoms with Crippen LogP contribution in [0.3, 0.4) is 0 Å². The maximum atomic E-state index is 12.8. The van der Waals surface area contributed by atoms with Gasteiger partial charge < -0.3 is 14.2 Å². The largest absolute Gasteiger partial charge is 0.462 e. The molecule has 0 aromatic carbocycles. The van der Waals surface area contributed by atoms with Crippen LogP contribution >= 0.6 is 0 Å². The Hall–Kier alpha value is -1.59. The number of unbranched alkanes of at least 4 members (excludes halogenated alkanes) is 31. The smallest absolute Gasteiger partial charge is 0.306 e. The molecule has 0 bridgehead atoms. The summed E-state index contributed by atoms with van der Waals surface area (Å²) in [4.78, 5) is 37.9. The zero-order valence-electron chi connectivity index (χ0n) is 40.4. The summed E-state index contributed by atoms with van der Waals surface area (Å²) in [6, 6.07) is 0. The van der Waals surface area contributed by atoms with Gasteiger partial charge in [0.15, 0.2) is 6.10 Å². The molecular weight excluding hydrogens is 733 g/mol. The Morgan fingerprint density at radius 1 is 0.356 bits per heavy atom. The van der Waals surface area contributed by atoms with Gasteiger partial charge in [0, 0.05) is 19.3 Å². The molecule has 0 aromatic rings. The van der Waals surface area contributed by atoms with E-state index >= 15 is 0 Å². The molecule has 0 amide bonds. The lowest BCUT2D eigenvalue weighted by Gasteiger charge is -2.18. The van der Waals surface area contributed by atoms with Crippen molar-refractivity contribution in [2.75, 3.05) is 13.2 Å². The normalized spacial score (nSPS) is 12.5. The summed E-state index contributed by atoms with van der Waals surface area (Å²) in [6.07, 6.45) is 46.7. The molecule has 0 N–H and O–H groups in total. The van der Waals surface area contributed by atoms with Crippen LogP contribution < -0.4 is 0 Å². The van der Waals surface area contributed by atoms with Crippen LogP contribution in [0.1, 0.15) is 291 Å². The molecule has 0 aliphatic heterocycles. The molecule has 0 aromatic heterocycles. The Kier molecular flexibility index (Phi) is 44.7. The second kappa shape index (κ2) is 45.9. The third kappa shape index (κ3) is 45.8. The Balaban J connectivity index is 4.25. The number of hydrogen-bond donors (Lipinski definition) is 0. The summed E-state index contributed by atoms with van der Waals surface area (Å²) in [5, 5.41) is 0. The van der Waals surface area contributed by atoms with E-state index in [1.165, 1.54) is 180 Å². The van der Waals surface area contributed by atoms with Gasteiger partial charge in [-0.25, -0.2) is 0 Å². The fraction of sp³-hybridized carbons (Fsp3) is 0.943. The van der Waals surface area contributed by atoms with Gasteiger partial charge in [0.05, 0.1) is 0 Å². The topological polar surface area (TPSA) is 78.9 Å². The molecule has 0 spiro atoms. The first-order chi connectivity index (χ1) is 28.8. The van der Waals surface area contributed by atoms with E-state index in [2.05, 4.69) is 34.6 Å². The molecule has 0 aliphatic carbocycles. The molecule has 0 radical (unpaired) electrons. The SMILES string of the molecule is CCCCCCCCCCCCCCCCC(=O)O[C@@H](COC(=O)CCCCCCCCCCCCCCCCC(C)CC)COC(=O)CCCCCCCCC(C)C. The van der Waals surface area contributed by atoms with Gasteiger partial charge in [-0.15, -0.1) is 0 Å². The number of ether oxygens (including phenoxy) is 3. The molecule has 0 saturated heterocycles. The lowest BCUT2D eigenvalue weighted by molar-refractivity contribution is -0.167. The molecule has 0 saturated carbocycles. The van der Waals surface area contributed by atoms with Crippen LogP contribution in [-0.4, -0.2) is 37.2 Å². The molecule has 0 aliphatic rings. The Morgan fingerprint density at radius 3 is 0.966 bits per heavy atom. The van der Waals surface area contributed by atoms with Crippen molar-refractivity contribution in [3.05, 3.63) is 0 Å². The van der Waals surface area contributed by atoms with Crippen molar-refractivity contribution in [2.45, 2.75) is 298 Å². The molecule has 0 rings (SSSR count). The van der Waals surface area contributed by atoms with Gasteiger partial charge in [-0.3, -0.25) is 14.4 Å². The highest BCUT2D eigenvalue weighted by Crippen LogP contribution is 2.18. The second-order valence-electron chi connectivity index (χ2n) is 18.9. The number of esters is 3. The van der Waals surface area contributed by atoms with Gasteiger partial charge in [-0.1, -0.05) is 253 Å². The highest BCUT2D eigenvalue weighted by molar-refractivity contribution is 5.71. The minimum absolute atomic E-state index is 0.0643. The second-order valence-corrected chi connectivity index (χ2v) is 18.9. The van der Waals surface area contributed by atoms with E-state index in [0.717, 1.165) is 69.6 Å². The number of hydrogen-bond acceptors (Lipinski definition) is 6. The van der Waals surface area contributed by atoms with Crippen molar-refractivity contribution in [1.29, 1.82) is 0 Å². The predicted octanol–water partition coefficient (Wildman–Crippen LogP) is 16.9. The summed E-state index contributed by atoms with van der Waals surface area (Å²) >= 11 is 0. The van der Waals surface area contributed by atoms with Gasteiger partial charge in [0.25, 0.3) is 0 Å². The molecular formula is C53H102O6. The van der Waals surface area contributed by atoms with Crippen LogP contribution in [0, 0.1) is 11.8 Å². The van der Waals surface area contributed by atoms with Gasteiger partial charge in [0.1, 0.15) is 13.2 Å². The molecule has 6 nitrogen and oxygen atoms in total. The molecule has 59 heavy (non-hydrogen) atoms. The summed E-state index contributed by atoms with van der Waals surface area (Å²) in [5.74, 6) is 0.807.